The van der Waals surface area contributed by atoms with Gasteiger partial charge in [-0.1, -0.05) is 42.8 Å². The highest BCUT2D eigenvalue weighted by Gasteiger charge is 2.56. The lowest BCUT2D eigenvalue weighted by atomic mass is 10.1. The molecule has 0 aliphatic heterocycles. The van der Waals surface area contributed by atoms with Crippen LogP contribution in [-0.4, -0.2) is 16.0 Å². The average molecular weight is 325 g/mol. The largest absolute Gasteiger partial charge is 0.344 e. The molecule has 4 rings (SSSR count). The smallest absolute Gasteiger partial charge is 0.249 e. The van der Waals surface area contributed by atoms with Crippen LogP contribution in [-0.2, 0) is 11.2 Å². The van der Waals surface area contributed by atoms with Crippen molar-refractivity contribution in [3.63, 3.8) is 0 Å². The van der Waals surface area contributed by atoms with Crippen molar-refractivity contribution in [3.8, 4) is 11.4 Å². The van der Waals surface area contributed by atoms with Gasteiger partial charge in [0.15, 0.2) is 0 Å². The molecule has 3 atom stereocenters. The summed E-state index contributed by atoms with van der Waals surface area (Å²) >= 11 is 0. The fourth-order valence-electron chi connectivity index (χ4n) is 4.00. The number of nitrogens with zero attached hydrogens (tertiary/aromatic N) is 2. The molecule has 0 bridgehead atoms. The van der Waals surface area contributed by atoms with Crippen LogP contribution >= 0.6 is 0 Å². The predicted octanol–water partition coefficient (Wildman–Crippen LogP) is 3.52. The summed E-state index contributed by atoms with van der Waals surface area (Å²) in [5, 5.41) is 7.09. The maximum Gasteiger partial charge on any atom is 0.249 e. The van der Waals surface area contributed by atoms with Gasteiger partial charge in [-0.3, -0.25) is 4.79 Å². The van der Waals surface area contributed by atoms with Crippen molar-refractivity contribution in [1.82, 2.24) is 15.5 Å². The lowest BCUT2D eigenvalue weighted by Gasteiger charge is -2.10. The molecule has 0 radical (unpaired) electrons. The third-order valence-corrected chi connectivity index (χ3v) is 5.50. The van der Waals surface area contributed by atoms with E-state index in [4.69, 9.17) is 4.52 Å². The minimum absolute atomic E-state index is 0.143. The second kappa shape index (κ2) is 6.04. The van der Waals surface area contributed by atoms with Gasteiger partial charge in [-0.15, -0.1) is 0 Å². The molecule has 0 spiro atoms. The van der Waals surface area contributed by atoms with E-state index in [2.05, 4.69) is 34.5 Å². The number of aryl methyl sites for hydroxylation is 1. The Morgan fingerprint density at radius 1 is 1.29 bits per heavy atom. The Morgan fingerprint density at radius 3 is 2.67 bits per heavy atom. The summed E-state index contributed by atoms with van der Waals surface area (Å²) in [4.78, 5) is 16.8. The molecular formula is C19H23N3O2. The number of benzene rings is 1. The molecular weight excluding hydrogens is 302 g/mol. The summed E-state index contributed by atoms with van der Waals surface area (Å²) in [7, 11) is 0. The Balaban J connectivity index is 1.41. The molecule has 1 amide bonds. The minimum atomic E-state index is -0.255. The Kier molecular flexibility index (Phi) is 3.87. The molecule has 0 saturated heterocycles. The molecule has 2 aromatic rings. The van der Waals surface area contributed by atoms with Gasteiger partial charge in [-0.2, -0.15) is 4.98 Å². The van der Waals surface area contributed by atoms with Gasteiger partial charge in [-0.25, -0.2) is 0 Å². The van der Waals surface area contributed by atoms with Crippen LogP contribution < -0.4 is 5.32 Å². The second-order valence-electron chi connectivity index (χ2n) is 7.02. The van der Waals surface area contributed by atoms with Crippen LogP contribution in [0.25, 0.3) is 11.4 Å². The molecule has 2 fully saturated rings. The van der Waals surface area contributed by atoms with E-state index >= 15 is 0 Å². The average Bonchev–Trinajstić information content (AvgIpc) is 3.00. The molecule has 126 valence electrons. The van der Waals surface area contributed by atoms with Crippen molar-refractivity contribution in [2.24, 2.45) is 17.8 Å². The summed E-state index contributed by atoms with van der Waals surface area (Å²) < 4.78 is 5.36. The Labute approximate surface area is 141 Å². The molecule has 2 saturated carbocycles. The Morgan fingerprint density at radius 2 is 2.00 bits per heavy atom. The van der Waals surface area contributed by atoms with Gasteiger partial charge in [0.2, 0.25) is 17.6 Å². The predicted molar refractivity (Wildman–Crippen MR) is 90.0 cm³/mol. The van der Waals surface area contributed by atoms with Crippen LogP contribution in [0.1, 0.15) is 50.6 Å². The van der Waals surface area contributed by atoms with Gasteiger partial charge < -0.3 is 9.84 Å². The number of hydrogen-bond donors (Lipinski definition) is 1. The number of rotatable bonds is 5. The highest BCUT2D eigenvalue weighted by Crippen LogP contribution is 2.57. The number of hydrogen-bond acceptors (Lipinski definition) is 4. The van der Waals surface area contributed by atoms with Crippen LogP contribution in [0.5, 0.6) is 0 Å². The van der Waals surface area contributed by atoms with Crippen LogP contribution in [0.2, 0.25) is 0 Å². The third kappa shape index (κ3) is 2.72. The molecule has 3 unspecified atom stereocenters. The van der Waals surface area contributed by atoms with Crippen molar-refractivity contribution in [2.75, 3.05) is 0 Å². The molecule has 1 aromatic heterocycles. The lowest BCUT2D eigenvalue weighted by Crippen LogP contribution is -2.29. The molecule has 1 N–H and O–H groups in total. The van der Waals surface area contributed by atoms with Crippen molar-refractivity contribution >= 4 is 5.91 Å². The van der Waals surface area contributed by atoms with E-state index in [0.717, 1.165) is 12.0 Å². The van der Waals surface area contributed by atoms with Crippen LogP contribution in [0.4, 0.5) is 0 Å². The van der Waals surface area contributed by atoms with Gasteiger partial charge in [0.1, 0.15) is 6.04 Å². The van der Waals surface area contributed by atoms with Crippen molar-refractivity contribution in [2.45, 2.75) is 45.6 Å². The summed E-state index contributed by atoms with van der Waals surface area (Å²) in [5.41, 5.74) is 2.20. The number of fused-ring (bicyclic) bond motifs is 1. The maximum atomic E-state index is 12.3. The zero-order valence-electron chi connectivity index (χ0n) is 14.2. The Bertz CT molecular complexity index is 727. The summed E-state index contributed by atoms with van der Waals surface area (Å²) in [6, 6.07) is 7.89. The first-order valence-electron chi connectivity index (χ1n) is 8.90. The first-order chi connectivity index (χ1) is 11.7. The molecule has 2 aliphatic rings. The van der Waals surface area contributed by atoms with Crippen molar-refractivity contribution in [3.05, 3.63) is 35.7 Å². The monoisotopic (exact) mass is 325 g/mol. The van der Waals surface area contributed by atoms with Gasteiger partial charge in [0.25, 0.3) is 0 Å². The van der Waals surface area contributed by atoms with E-state index in [1.165, 1.54) is 24.8 Å². The highest BCUT2D eigenvalue weighted by atomic mass is 16.5. The Hall–Kier alpha value is -2.17. The van der Waals surface area contributed by atoms with Crippen LogP contribution in [0, 0.1) is 17.8 Å². The van der Waals surface area contributed by atoms with E-state index in [0.29, 0.717) is 23.6 Å². The fourth-order valence-corrected chi connectivity index (χ4v) is 4.00. The van der Waals surface area contributed by atoms with Gasteiger partial charge >= 0.3 is 0 Å². The van der Waals surface area contributed by atoms with Crippen molar-refractivity contribution < 1.29 is 9.32 Å². The molecule has 2 aliphatic carbocycles. The fraction of sp³-hybridized carbons (Fsp3) is 0.526. The van der Waals surface area contributed by atoms with Crippen LogP contribution in [0.15, 0.2) is 28.8 Å². The first-order valence-corrected chi connectivity index (χ1v) is 8.90. The molecule has 1 heterocycles. The van der Waals surface area contributed by atoms with E-state index in [-0.39, 0.29) is 17.9 Å². The van der Waals surface area contributed by atoms with Gasteiger partial charge in [-0.05, 0) is 43.6 Å². The zero-order chi connectivity index (χ0) is 16.7. The topological polar surface area (TPSA) is 68.0 Å². The number of carbonyl (C=O) groups is 1. The molecule has 5 heteroatoms. The van der Waals surface area contributed by atoms with E-state index in [1.54, 1.807) is 0 Å². The second-order valence-corrected chi connectivity index (χ2v) is 7.02. The zero-order valence-corrected chi connectivity index (χ0v) is 14.2. The van der Waals surface area contributed by atoms with E-state index < -0.39 is 0 Å². The van der Waals surface area contributed by atoms with Gasteiger partial charge in [0.05, 0.1) is 0 Å². The maximum absolute atomic E-state index is 12.3. The molecule has 5 nitrogen and oxygen atoms in total. The summed E-state index contributed by atoms with van der Waals surface area (Å²) in [6.45, 7) is 4.02. The SMILES string of the molecule is CCc1ccc(-c2noc(C(C)NC(=O)C3C4CCCC43)n2)cc1. The third-order valence-electron chi connectivity index (χ3n) is 5.50. The molecule has 1 aromatic carbocycles. The minimum Gasteiger partial charge on any atom is -0.344 e. The van der Waals surface area contributed by atoms with E-state index in [1.807, 2.05) is 19.1 Å². The summed E-state index contributed by atoms with van der Waals surface area (Å²) in [6.07, 6.45) is 4.69. The number of carbonyl (C=O) groups excluding carboxylic acids is 1. The molecule has 24 heavy (non-hydrogen) atoms. The first kappa shape index (κ1) is 15.4. The summed E-state index contributed by atoms with van der Waals surface area (Å²) in [5.74, 6) is 2.62. The quantitative estimate of drug-likeness (QED) is 0.913. The standard InChI is InChI=1S/C19H23N3O2/c1-3-12-7-9-13(10-8-12)17-21-19(24-22-17)11(2)20-18(23)16-14-5-4-6-15(14)16/h7-11,14-16H,3-6H2,1-2H3,(H,20,23). The number of aromatic nitrogens is 2. The number of amides is 1. The normalized spacial score (nSPS) is 26.0. The lowest BCUT2D eigenvalue weighted by molar-refractivity contribution is -0.123. The van der Waals surface area contributed by atoms with Crippen molar-refractivity contribution in [1.29, 1.82) is 0 Å². The highest BCUT2D eigenvalue weighted by molar-refractivity contribution is 5.82. The van der Waals surface area contributed by atoms with E-state index in [9.17, 15) is 4.79 Å². The van der Waals surface area contributed by atoms with Crippen LogP contribution in [0.3, 0.4) is 0 Å². The van der Waals surface area contributed by atoms with Gasteiger partial charge in [0, 0.05) is 11.5 Å². The number of nitrogens with one attached hydrogen (secondary N) is 1.